The lowest BCUT2D eigenvalue weighted by molar-refractivity contribution is 0.410. The van der Waals surface area contributed by atoms with Gasteiger partial charge >= 0.3 is 0 Å². The first-order valence-electron chi connectivity index (χ1n) is 4.37. The van der Waals surface area contributed by atoms with E-state index in [9.17, 15) is 0 Å². The summed E-state index contributed by atoms with van der Waals surface area (Å²) in [6.45, 7) is 2.06. The van der Waals surface area contributed by atoms with E-state index in [4.69, 9.17) is 10.5 Å². The van der Waals surface area contributed by atoms with Crippen LogP contribution in [0.15, 0.2) is 12.1 Å². The van der Waals surface area contributed by atoms with Gasteiger partial charge in [0.05, 0.1) is 7.11 Å². The molecule has 1 aromatic rings. The number of anilines is 2. The second-order valence-electron chi connectivity index (χ2n) is 2.85. The van der Waals surface area contributed by atoms with Crippen molar-refractivity contribution in [3.05, 3.63) is 17.7 Å². The first-order chi connectivity index (χ1) is 6.22. The van der Waals surface area contributed by atoms with Gasteiger partial charge in [0.1, 0.15) is 5.75 Å². The largest absolute Gasteiger partial charge is 0.496 e. The van der Waals surface area contributed by atoms with E-state index in [1.807, 2.05) is 19.2 Å². The minimum Gasteiger partial charge on any atom is -0.496 e. The average Bonchev–Trinajstić information content (AvgIpc) is 2.16. The Morgan fingerprint density at radius 3 is 2.62 bits per heavy atom. The van der Waals surface area contributed by atoms with Crippen LogP contribution in [0, 0.1) is 0 Å². The second kappa shape index (κ2) is 4.03. The lowest BCUT2D eigenvalue weighted by Gasteiger charge is -2.12. The molecule has 3 nitrogen and oxygen atoms in total. The summed E-state index contributed by atoms with van der Waals surface area (Å²) in [7, 11) is 3.52. The molecule has 0 spiro atoms. The summed E-state index contributed by atoms with van der Waals surface area (Å²) < 4.78 is 5.24. The summed E-state index contributed by atoms with van der Waals surface area (Å²) in [4.78, 5) is 0. The number of hydrogen-bond donors (Lipinski definition) is 2. The van der Waals surface area contributed by atoms with Gasteiger partial charge in [0.15, 0.2) is 0 Å². The molecule has 72 valence electrons. The van der Waals surface area contributed by atoms with Gasteiger partial charge < -0.3 is 15.8 Å². The topological polar surface area (TPSA) is 47.3 Å². The van der Waals surface area contributed by atoms with Crippen molar-refractivity contribution in [1.82, 2.24) is 0 Å². The maximum absolute atomic E-state index is 5.86. The number of nitrogen functional groups attached to an aromatic ring is 1. The van der Waals surface area contributed by atoms with E-state index in [-0.39, 0.29) is 0 Å². The second-order valence-corrected chi connectivity index (χ2v) is 2.85. The molecule has 0 aromatic heterocycles. The molecule has 0 aliphatic rings. The normalized spacial score (nSPS) is 9.77. The molecule has 0 unspecified atom stereocenters. The number of ether oxygens (including phenoxy) is 1. The predicted molar refractivity (Wildman–Crippen MR) is 56.3 cm³/mol. The third-order valence-corrected chi connectivity index (χ3v) is 2.11. The quantitative estimate of drug-likeness (QED) is 0.698. The summed E-state index contributed by atoms with van der Waals surface area (Å²) in [5.41, 5.74) is 8.70. The van der Waals surface area contributed by atoms with Crippen LogP contribution in [0.25, 0.3) is 0 Å². The van der Waals surface area contributed by atoms with Crippen LogP contribution in [-0.4, -0.2) is 14.2 Å². The van der Waals surface area contributed by atoms with Crippen LogP contribution in [0.3, 0.4) is 0 Å². The Kier molecular flexibility index (Phi) is 3.01. The lowest BCUT2D eigenvalue weighted by atomic mass is 10.1. The van der Waals surface area contributed by atoms with Crippen LogP contribution in [0.4, 0.5) is 11.4 Å². The molecule has 0 heterocycles. The van der Waals surface area contributed by atoms with Crippen molar-refractivity contribution in [2.24, 2.45) is 0 Å². The number of methoxy groups -OCH3 is 1. The molecule has 0 fully saturated rings. The molecule has 0 saturated heterocycles. The van der Waals surface area contributed by atoms with E-state index < -0.39 is 0 Å². The van der Waals surface area contributed by atoms with E-state index in [0.717, 1.165) is 29.1 Å². The molecule has 0 aliphatic heterocycles. The van der Waals surface area contributed by atoms with Crippen LogP contribution in [0.5, 0.6) is 5.75 Å². The predicted octanol–water partition coefficient (Wildman–Crippen LogP) is 1.88. The van der Waals surface area contributed by atoms with Gasteiger partial charge in [-0.05, 0) is 12.5 Å². The molecule has 0 amide bonds. The molecule has 0 saturated carbocycles. The maximum atomic E-state index is 5.86. The molecule has 0 atom stereocenters. The number of nitrogens with one attached hydrogen (secondary N) is 1. The molecule has 0 aliphatic carbocycles. The fourth-order valence-corrected chi connectivity index (χ4v) is 1.37. The maximum Gasteiger partial charge on any atom is 0.126 e. The summed E-state index contributed by atoms with van der Waals surface area (Å²) in [5.74, 6) is 0.854. The standard InChI is InChI=1S/C10H16N2O/c1-4-8-9(11)5-7(12-2)6-10(8)13-3/h5-6,12H,4,11H2,1-3H3. The lowest BCUT2D eigenvalue weighted by Crippen LogP contribution is -1.99. The Hall–Kier alpha value is -1.38. The van der Waals surface area contributed by atoms with Crippen LogP contribution in [0.2, 0.25) is 0 Å². The molecular weight excluding hydrogens is 164 g/mol. The number of benzene rings is 1. The minimum absolute atomic E-state index is 0.784. The number of rotatable bonds is 3. The van der Waals surface area contributed by atoms with Crippen LogP contribution in [0.1, 0.15) is 12.5 Å². The molecule has 3 N–H and O–H groups in total. The summed E-state index contributed by atoms with van der Waals surface area (Å²) >= 11 is 0. The zero-order chi connectivity index (χ0) is 9.84. The molecular formula is C10H16N2O. The monoisotopic (exact) mass is 180 g/mol. The fourth-order valence-electron chi connectivity index (χ4n) is 1.37. The van der Waals surface area contributed by atoms with Crippen molar-refractivity contribution < 1.29 is 4.74 Å². The van der Waals surface area contributed by atoms with Crippen molar-refractivity contribution in [2.75, 3.05) is 25.2 Å². The Labute approximate surface area is 78.9 Å². The zero-order valence-electron chi connectivity index (χ0n) is 8.35. The first kappa shape index (κ1) is 9.71. The molecule has 0 radical (unpaired) electrons. The van der Waals surface area contributed by atoms with Crippen molar-refractivity contribution in [1.29, 1.82) is 0 Å². The van der Waals surface area contributed by atoms with Crippen LogP contribution >= 0.6 is 0 Å². The minimum atomic E-state index is 0.784. The van der Waals surface area contributed by atoms with E-state index in [2.05, 4.69) is 12.2 Å². The van der Waals surface area contributed by atoms with Crippen LogP contribution in [-0.2, 0) is 6.42 Å². The molecule has 1 aromatic carbocycles. The highest BCUT2D eigenvalue weighted by Crippen LogP contribution is 2.29. The highest BCUT2D eigenvalue weighted by molar-refractivity contribution is 5.64. The van der Waals surface area contributed by atoms with E-state index >= 15 is 0 Å². The zero-order valence-corrected chi connectivity index (χ0v) is 8.35. The Balaban J connectivity index is 3.20. The SMILES string of the molecule is CCc1c(N)cc(NC)cc1OC. The van der Waals surface area contributed by atoms with Crippen molar-refractivity contribution >= 4 is 11.4 Å². The highest BCUT2D eigenvalue weighted by atomic mass is 16.5. The smallest absolute Gasteiger partial charge is 0.126 e. The van der Waals surface area contributed by atoms with Gasteiger partial charge in [-0.1, -0.05) is 6.92 Å². The molecule has 0 bridgehead atoms. The highest BCUT2D eigenvalue weighted by Gasteiger charge is 2.06. The van der Waals surface area contributed by atoms with Gasteiger partial charge in [-0.15, -0.1) is 0 Å². The number of hydrogen-bond acceptors (Lipinski definition) is 3. The van der Waals surface area contributed by atoms with Gasteiger partial charge in [0.25, 0.3) is 0 Å². The van der Waals surface area contributed by atoms with Crippen molar-refractivity contribution in [2.45, 2.75) is 13.3 Å². The van der Waals surface area contributed by atoms with Gasteiger partial charge in [0.2, 0.25) is 0 Å². The molecule has 13 heavy (non-hydrogen) atoms. The number of nitrogens with two attached hydrogens (primary N) is 1. The third kappa shape index (κ3) is 1.86. The Bertz CT molecular complexity index is 297. The average molecular weight is 180 g/mol. The Morgan fingerprint density at radius 2 is 2.15 bits per heavy atom. The van der Waals surface area contributed by atoms with E-state index in [0.29, 0.717) is 0 Å². The van der Waals surface area contributed by atoms with Gasteiger partial charge in [-0.2, -0.15) is 0 Å². The molecule has 3 heteroatoms. The first-order valence-corrected chi connectivity index (χ1v) is 4.37. The van der Waals surface area contributed by atoms with Gasteiger partial charge in [-0.3, -0.25) is 0 Å². The van der Waals surface area contributed by atoms with Gasteiger partial charge in [-0.25, -0.2) is 0 Å². The fraction of sp³-hybridized carbons (Fsp3) is 0.400. The van der Waals surface area contributed by atoms with E-state index in [1.165, 1.54) is 0 Å². The summed E-state index contributed by atoms with van der Waals surface area (Å²) in [5, 5.41) is 3.03. The van der Waals surface area contributed by atoms with Crippen molar-refractivity contribution in [3.8, 4) is 5.75 Å². The molecule has 1 rings (SSSR count). The van der Waals surface area contributed by atoms with Gasteiger partial charge in [0, 0.05) is 30.1 Å². The van der Waals surface area contributed by atoms with Crippen LogP contribution < -0.4 is 15.8 Å². The summed E-state index contributed by atoms with van der Waals surface area (Å²) in [6, 6.07) is 3.87. The third-order valence-electron chi connectivity index (χ3n) is 2.11. The summed E-state index contributed by atoms with van der Waals surface area (Å²) in [6.07, 6.45) is 0.888. The van der Waals surface area contributed by atoms with E-state index in [1.54, 1.807) is 7.11 Å². The Morgan fingerprint density at radius 1 is 1.46 bits per heavy atom. The van der Waals surface area contributed by atoms with Crippen molar-refractivity contribution in [3.63, 3.8) is 0 Å².